The van der Waals surface area contributed by atoms with E-state index in [4.69, 9.17) is 23.7 Å². The highest BCUT2D eigenvalue weighted by atomic mass is 16.7. The molecule has 0 aromatic heterocycles. The molecule has 16 nitrogen and oxygen atoms in total. The van der Waals surface area contributed by atoms with Gasteiger partial charge in [-0.1, -0.05) is 6.42 Å². The van der Waals surface area contributed by atoms with Crippen molar-refractivity contribution in [3.8, 4) is 11.5 Å². The number of aliphatic carboxylic acids is 1. The number of imide groups is 1. The van der Waals surface area contributed by atoms with E-state index in [1.807, 2.05) is 0 Å². The van der Waals surface area contributed by atoms with Gasteiger partial charge in [0.05, 0.1) is 18.6 Å². The Morgan fingerprint density at radius 3 is 2.31 bits per heavy atom. The monoisotopic (exact) mass is 680 g/mol. The van der Waals surface area contributed by atoms with Crippen LogP contribution in [0.4, 0.5) is 0 Å². The van der Waals surface area contributed by atoms with Crippen LogP contribution in [0, 0.1) is 5.41 Å². The summed E-state index contributed by atoms with van der Waals surface area (Å²) in [5.41, 5.74) is -0.283. The highest BCUT2D eigenvalue weighted by molar-refractivity contribution is 6.12. The molecule has 0 unspecified atom stereocenters. The summed E-state index contributed by atoms with van der Waals surface area (Å²) < 4.78 is 27.6. The number of hydrogen-bond acceptors (Lipinski definition) is 13. The van der Waals surface area contributed by atoms with E-state index in [9.17, 15) is 44.4 Å². The smallest absolute Gasteiger partial charge is 0.335 e. The van der Waals surface area contributed by atoms with Crippen LogP contribution < -0.4 is 14.8 Å². The maximum atomic E-state index is 12.3. The number of rotatable bonds is 18. The molecule has 16 heteroatoms. The number of esters is 1. The number of amides is 3. The maximum absolute atomic E-state index is 12.3. The molecule has 0 saturated carbocycles. The SMILES string of the molecule is CC(C)(C)C(=O)OCc1ccc(O[C@@H]2O[C@H](C(=O)O)[C@@H](O)[C@H](O)[C@@H]2O)cc1OCCOCCNC(=O)CCCCCN1C(=O)C=CC1=O. The molecule has 2 aliphatic rings. The third-order valence-electron chi connectivity index (χ3n) is 7.31. The lowest BCUT2D eigenvalue weighted by atomic mass is 9.97. The average molecular weight is 681 g/mol. The van der Waals surface area contributed by atoms with Crippen LogP contribution in [0.3, 0.4) is 0 Å². The van der Waals surface area contributed by atoms with Crippen molar-refractivity contribution >= 4 is 29.7 Å². The number of nitrogens with one attached hydrogen (secondary N) is 1. The number of carbonyl (C=O) groups excluding carboxylic acids is 4. The summed E-state index contributed by atoms with van der Waals surface area (Å²) in [4.78, 5) is 60.1. The number of benzene rings is 1. The molecule has 0 aliphatic carbocycles. The zero-order valence-electron chi connectivity index (χ0n) is 27.2. The van der Waals surface area contributed by atoms with E-state index in [1.54, 1.807) is 20.8 Å². The minimum Gasteiger partial charge on any atom is -0.491 e. The molecule has 1 saturated heterocycles. The maximum Gasteiger partial charge on any atom is 0.335 e. The standard InChI is InChI=1S/C32H44N2O14/c1-32(2,3)31(43)46-18-19-8-9-20(47-30-27(40)25(38)26(39)28(48-30)29(41)42)17-21(19)45-16-15-44-14-12-33-22(35)7-5-4-6-13-34-23(36)10-11-24(34)37/h8-11,17,25-28,30,38-40H,4-7,12-16,18H2,1-3H3,(H,33,35)(H,41,42)/t25-,26-,27-,28-,30+/m0/s1. The zero-order valence-corrected chi connectivity index (χ0v) is 27.2. The number of carboxylic acid groups (broad SMARTS) is 1. The number of ether oxygens (including phenoxy) is 5. The molecular formula is C32H44N2O14. The summed E-state index contributed by atoms with van der Waals surface area (Å²) in [6.07, 6.45) is -4.29. The molecule has 3 rings (SSSR count). The number of hydrogen-bond donors (Lipinski definition) is 5. The normalized spacial score (nSPS) is 22.5. The van der Waals surface area contributed by atoms with E-state index in [2.05, 4.69) is 5.32 Å². The zero-order chi connectivity index (χ0) is 35.4. The highest BCUT2D eigenvalue weighted by Crippen LogP contribution is 2.30. The van der Waals surface area contributed by atoms with Crippen molar-refractivity contribution in [2.45, 2.75) is 83.8 Å². The van der Waals surface area contributed by atoms with Gasteiger partial charge in [0, 0.05) is 43.3 Å². The van der Waals surface area contributed by atoms with Crippen LogP contribution in [0.25, 0.3) is 0 Å². The number of nitrogens with zero attached hydrogens (tertiary/aromatic N) is 1. The molecule has 2 aliphatic heterocycles. The van der Waals surface area contributed by atoms with Crippen LogP contribution in [-0.4, -0.2) is 119 Å². The van der Waals surface area contributed by atoms with Gasteiger partial charge in [0.15, 0.2) is 6.10 Å². The molecule has 0 bridgehead atoms. The van der Waals surface area contributed by atoms with Gasteiger partial charge in [0.1, 0.15) is 43.0 Å². The van der Waals surface area contributed by atoms with Gasteiger partial charge in [0.2, 0.25) is 12.2 Å². The molecule has 48 heavy (non-hydrogen) atoms. The van der Waals surface area contributed by atoms with Gasteiger partial charge in [-0.25, -0.2) is 4.79 Å². The highest BCUT2D eigenvalue weighted by Gasteiger charge is 2.48. The van der Waals surface area contributed by atoms with Gasteiger partial charge in [-0.3, -0.25) is 24.1 Å². The van der Waals surface area contributed by atoms with Gasteiger partial charge >= 0.3 is 11.9 Å². The lowest BCUT2D eigenvalue weighted by Gasteiger charge is -2.38. The first-order valence-electron chi connectivity index (χ1n) is 15.6. The van der Waals surface area contributed by atoms with E-state index in [-0.39, 0.29) is 62.2 Å². The van der Waals surface area contributed by atoms with Crippen molar-refractivity contribution in [1.29, 1.82) is 0 Å². The van der Waals surface area contributed by atoms with Gasteiger partial charge in [-0.05, 0) is 45.7 Å². The lowest BCUT2D eigenvalue weighted by molar-refractivity contribution is -0.271. The first-order valence-corrected chi connectivity index (χ1v) is 15.6. The first kappa shape index (κ1) is 38.4. The van der Waals surface area contributed by atoms with Crippen LogP contribution in [-0.2, 0) is 44.8 Å². The van der Waals surface area contributed by atoms with E-state index in [0.29, 0.717) is 37.8 Å². The predicted molar refractivity (Wildman–Crippen MR) is 164 cm³/mol. The van der Waals surface area contributed by atoms with E-state index in [1.165, 1.54) is 35.3 Å². The van der Waals surface area contributed by atoms with Crippen LogP contribution in [0.1, 0.15) is 52.0 Å². The van der Waals surface area contributed by atoms with Crippen LogP contribution >= 0.6 is 0 Å². The summed E-state index contributed by atoms with van der Waals surface area (Å²) in [5.74, 6) is -2.51. The number of aliphatic hydroxyl groups excluding tert-OH is 3. The number of aliphatic hydroxyl groups is 3. The fraction of sp³-hybridized carbons (Fsp3) is 0.594. The fourth-order valence-corrected chi connectivity index (χ4v) is 4.55. The molecule has 266 valence electrons. The molecule has 0 radical (unpaired) electrons. The average Bonchev–Trinajstić information content (AvgIpc) is 3.35. The van der Waals surface area contributed by atoms with Gasteiger partial charge in [-0.2, -0.15) is 0 Å². The Morgan fingerprint density at radius 1 is 0.938 bits per heavy atom. The molecule has 5 atom stereocenters. The summed E-state index contributed by atoms with van der Waals surface area (Å²) in [6, 6.07) is 4.39. The summed E-state index contributed by atoms with van der Waals surface area (Å²) in [7, 11) is 0. The lowest BCUT2D eigenvalue weighted by Crippen LogP contribution is -2.61. The largest absolute Gasteiger partial charge is 0.491 e. The van der Waals surface area contributed by atoms with Crippen LogP contribution in [0.2, 0.25) is 0 Å². The van der Waals surface area contributed by atoms with E-state index in [0.717, 1.165) is 0 Å². The Labute approximate surface area is 277 Å². The third-order valence-corrected chi connectivity index (χ3v) is 7.31. The Hall–Kier alpha value is -4.09. The molecule has 1 aromatic rings. The Bertz CT molecular complexity index is 1310. The number of unbranched alkanes of at least 4 members (excludes halogenated alkanes) is 2. The fourth-order valence-electron chi connectivity index (χ4n) is 4.55. The van der Waals surface area contributed by atoms with Crippen molar-refractivity contribution in [1.82, 2.24) is 10.2 Å². The molecule has 5 N–H and O–H groups in total. The second-order valence-electron chi connectivity index (χ2n) is 12.2. The number of carbonyl (C=O) groups is 5. The minimum absolute atomic E-state index is 0.0453. The molecule has 0 spiro atoms. The van der Waals surface area contributed by atoms with Gasteiger partial charge < -0.3 is 49.4 Å². The van der Waals surface area contributed by atoms with Crippen molar-refractivity contribution in [2.75, 3.05) is 32.9 Å². The predicted octanol–water partition coefficient (Wildman–Crippen LogP) is 0.0439. The molecule has 2 heterocycles. The van der Waals surface area contributed by atoms with Crippen molar-refractivity contribution in [3.63, 3.8) is 0 Å². The quantitative estimate of drug-likeness (QED) is 0.0784. The van der Waals surface area contributed by atoms with Crippen LogP contribution in [0.15, 0.2) is 30.4 Å². The van der Waals surface area contributed by atoms with E-state index >= 15 is 0 Å². The van der Waals surface area contributed by atoms with Crippen molar-refractivity contribution in [3.05, 3.63) is 35.9 Å². The first-order chi connectivity index (χ1) is 22.7. The molecule has 1 fully saturated rings. The summed E-state index contributed by atoms with van der Waals surface area (Å²) in [6.45, 7) is 5.94. The van der Waals surface area contributed by atoms with Gasteiger partial charge in [0.25, 0.3) is 11.8 Å². The second kappa shape index (κ2) is 17.9. The Balaban J connectivity index is 1.45. The molecule has 1 aromatic carbocycles. The van der Waals surface area contributed by atoms with Crippen LogP contribution in [0.5, 0.6) is 11.5 Å². The minimum atomic E-state index is -1.87. The number of carboxylic acids is 1. The van der Waals surface area contributed by atoms with E-state index < -0.39 is 48.1 Å². The third kappa shape index (κ3) is 11.3. The molecule has 3 amide bonds. The molecular weight excluding hydrogens is 636 g/mol. The Kier molecular flexibility index (Phi) is 14.3. The Morgan fingerprint density at radius 2 is 1.65 bits per heavy atom. The summed E-state index contributed by atoms with van der Waals surface area (Å²) in [5, 5.41) is 42.3. The van der Waals surface area contributed by atoms with Crippen molar-refractivity contribution in [2.24, 2.45) is 5.41 Å². The summed E-state index contributed by atoms with van der Waals surface area (Å²) >= 11 is 0. The second-order valence-corrected chi connectivity index (χ2v) is 12.2. The topological polar surface area (TPSA) is 228 Å². The van der Waals surface area contributed by atoms with Gasteiger partial charge in [-0.15, -0.1) is 0 Å². The van der Waals surface area contributed by atoms with Crippen molar-refractivity contribution < 1.29 is 68.1 Å².